The maximum absolute atomic E-state index is 6.09. The molecular weight excluding hydrogens is 346 g/mol. The molecule has 0 saturated heterocycles. The summed E-state index contributed by atoms with van der Waals surface area (Å²) in [5.74, 6) is 1.27. The molecule has 2 nitrogen and oxygen atoms in total. The predicted molar refractivity (Wildman–Crippen MR) is 86.3 cm³/mol. The summed E-state index contributed by atoms with van der Waals surface area (Å²) >= 11 is 14.5. The summed E-state index contributed by atoms with van der Waals surface area (Å²) in [6.45, 7) is 1.99. The van der Waals surface area contributed by atoms with Gasteiger partial charge >= 0.3 is 0 Å². The smallest absolute Gasteiger partial charge is 0.139 e. The molecule has 0 saturated carbocycles. The molecule has 2 rings (SSSR count). The van der Waals surface area contributed by atoms with Crippen LogP contribution in [0.2, 0.25) is 5.02 Å². The van der Waals surface area contributed by atoms with Crippen molar-refractivity contribution in [3.05, 3.63) is 57.0 Å². The molecule has 0 radical (unpaired) electrons. The van der Waals surface area contributed by atoms with Crippen LogP contribution in [-0.2, 0) is 0 Å². The van der Waals surface area contributed by atoms with Crippen molar-refractivity contribution < 1.29 is 4.74 Å². The van der Waals surface area contributed by atoms with Crippen molar-refractivity contribution in [3.63, 3.8) is 0 Å². The number of nitrogens with two attached hydrogens (primary N) is 1. The summed E-state index contributed by atoms with van der Waals surface area (Å²) in [5.41, 5.74) is 7.32. The molecule has 0 unspecified atom stereocenters. The van der Waals surface area contributed by atoms with Gasteiger partial charge in [-0.25, -0.2) is 0 Å². The largest absolute Gasteiger partial charge is 0.457 e. The van der Waals surface area contributed by atoms with Gasteiger partial charge in [0.1, 0.15) is 16.5 Å². The summed E-state index contributed by atoms with van der Waals surface area (Å²) in [7, 11) is 0. The van der Waals surface area contributed by atoms with Gasteiger partial charge in [0.15, 0.2) is 0 Å². The number of aryl methyl sites for hydroxylation is 1. The van der Waals surface area contributed by atoms with Crippen LogP contribution in [0.5, 0.6) is 11.5 Å². The van der Waals surface area contributed by atoms with E-state index in [0.29, 0.717) is 22.1 Å². The molecule has 0 bridgehead atoms. The van der Waals surface area contributed by atoms with Crippen molar-refractivity contribution in [2.24, 2.45) is 5.73 Å². The molecular formula is C14H11BrClNOS. The van der Waals surface area contributed by atoms with Gasteiger partial charge in [0.25, 0.3) is 0 Å². The maximum atomic E-state index is 6.09. The van der Waals surface area contributed by atoms with E-state index in [2.05, 4.69) is 15.9 Å². The van der Waals surface area contributed by atoms with Crippen molar-refractivity contribution in [1.82, 2.24) is 0 Å². The summed E-state index contributed by atoms with van der Waals surface area (Å²) in [4.78, 5) is 0.217. The Morgan fingerprint density at radius 3 is 2.68 bits per heavy atom. The Bertz CT molecular complexity index is 645. The highest BCUT2D eigenvalue weighted by molar-refractivity contribution is 9.10. The molecule has 0 aromatic heterocycles. The average molecular weight is 357 g/mol. The Morgan fingerprint density at radius 2 is 2.05 bits per heavy atom. The molecule has 0 heterocycles. The highest BCUT2D eigenvalue weighted by atomic mass is 79.9. The van der Waals surface area contributed by atoms with Crippen LogP contribution in [0.25, 0.3) is 0 Å². The van der Waals surface area contributed by atoms with Crippen molar-refractivity contribution >= 4 is 44.7 Å². The topological polar surface area (TPSA) is 35.2 Å². The fourth-order valence-corrected chi connectivity index (χ4v) is 2.42. The van der Waals surface area contributed by atoms with Crippen molar-refractivity contribution in [2.75, 3.05) is 0 Å². The van der Waals surface area contributed by atoms with Gasteiger partial charge in [0.2, 0.25) is 0 Å². The van der Waals surface area contributed by atoms with E-state index in [1.165, 1.54) is 0 Å². The number of thiocarbonyl (C=S) groups is 1. The lowest BCUT2D eigenvalue weighted by Crippen LogP contribution is -2.11. The van der Waals surface area contributed by atoms with Crippen LogP contribution >= 0.6 is 39.7 Å². The summed E-state index contributed by atoms with van der Waals surface area (Å²) in [6, 6.07) is 11.0. The second-order valence-electron chi connectivity index (χ2n) is 3.99. The number of rotatable bonds is 3. The predicted octanol–water partition coefficient (Wildman–Crippen LogP) is 4.84. The van der Waals surface area contributed by atoms with Gasteiger partial charge in [-0.1, -0.05) is 45.8 Å². The molecule has 19 heavy (non-hydrogen) atoms. The Morgan fingerprint density at radius 1 is 1.32 bits per heavy atom. The number of ether oxygens (including phenoxy) is 1. The Hall–Kier alpha value is -1.10. The SMILES string of the molecule is Cc1cc(Oc2cccc(Cl)c2C(N)=S)ccc1Br. The van der Waals surface area contributed by atoms with Gasteiger partial charge in [0.05, 0.1) is 10.6 Å². The minimum absolute atomic E-state index is 0.217. The minimum atomic E-state index is 0.217. The first-order valence-electron chi connectivity index (χ1n) is 5.51. The van der Waals surface area contributed by atoms with Crippen LogP contribution in [0.3, 0.4) is 0 Å². The molecule has 0 aliphatic carbocycles. The van der Waals surface area contributed by atoms with Gasteiger partial charge in [-0.2, -0.15) is 0 Å². The van der Waals surface area contributed by atoms with Crippen molar-refractivity contribution in [1.29, 1.82) is 0 Å². The van der Waals surface area contributed by atoms with E-state index in [4.69, 9.17) is 34.3 Å². The fraction of sp³-hybridized carbons (Fsp3) is 0.0714. The molecule has 0 atom stereocenters. The molecule has 0 spiro atoms. The molecule has 2 N–H and O–H groups in total. The van der Waals surface area contributed by atoms with Gasteiger partial charge < -0.3 is 10.5 Å². The van der Waals surface area contributed by atoms with Crippen LogP contribution in [0.15, 0.2) is 40.9 Å². The molecule has 2 aromatic carbocycles. The van der Waals surface area contributed by atoms with E-state index in [1.54, 1.807) is 18.2 Å². The third kappa shape index (κ3) is 3.26. The van der Waals surface area contributed by atoms with Crippen LogP contribution in [0, 0.1) is 6.92 Å². The molecule has 0 amide bonds. The Labute approximate surface area is 130 Å². The minimum Gasteiger partial charge on any atom is -0.457 e. The van der Waals surface area contributed by atoms with Gasteiger partial charge in [-0.05, 0) is 42.8 Å². The second kappa shape index (κ2) is 5.90. The molecule has 5 heteroatoms. The lowest BCUT2D eigenvalue weighted by atomic mass is 10.2. The third-order valence-corrected chi connectivity index (χ3v) is 3.99. The lowest BCUT2D eigenvalue weighted by molar-refractivity contribution is 0.481. The van der Waals surface area contributed by atoms with Gasteiger partial charge in [0, 0.05) is 4.47 Å². The standard InChI is InChI=1S/C14H11BrClNOS/c1-8-7-9(5-6-10(8)15)18-12-4-2-3-11(16)13(12)14(17)19/h2-7H,1H3,(H2,17,19). The molecule has 0 fully saturated rings. The number of halogens is 2. The van der Waals surface area contributed by atoms with Gasteiger partial charge in [-0.3, -0.25) is 0 Å². The van der Waals surface area contributed by atoms with Gasteiger partial charge in [-0.15, -0.1) is 0 Å². The van der Waals surface area contributed by atoms with Crippen molar-refractivity contribution in [2.45, 2.75) is 6.92 Å². The number of benzene rings is 2. The highest BCUT2D eigenvalue weighted by Gasteiger charge is 2.12. The summed E-state index contributed by atoms with van der Waals surface area (Å²) in [5, 5.41) is 0.485. The van der Waals surface area contributed by atoms with Crippen LogP contribution < -0.4 is 10.5 Å². The molecule has 2 aromatic rings. The fourth-order valence-electron chi connectivity index (χ4n) is 1.64. The van der Waals surface area contributed by atoms with E-state index in [1.807, 2.05) is 25.1 Å². The first-order valence-corrected chi connectivity index (χ1v) is 7.09. The van der Waals surface area contributed by atoms with E-state index in [0.717, 1.165) is 10.0 Å². The van der Waals surface area contributed by atoms with Crippen LogP contribution in [0.4, 0.5) is 0 Å². The van der Waals surface area contributed by atoms with Crippen LogP contribution in [-0.4, -0.2) is 4.99 Å². The monoisotopic (exact) mass is 355 g/mol. The van der Waals surface area contributed by atoms with E-state index in [9.17, 15) is 0 Å². The van der Waals surface area contributed by atoms with E-state index >= 15 is 0 Å². The first kappa shape index (κ1) is 14.3. The molecule has 98 valence electrons. The van der Waals surface area contributed by atoms with Crippen LogP contribution in [0.1, 0.15) is 11.1 Å². The molecule has 0 aliphatic heterocycles. The van der Waals surface area contributed by atoms with Crippen molar-refractivity contribution in [3.8, 4) is 11.5 Å². The summed E-state index contributed by atoms with van der Waals surface area (Å²) in [6.07, 6.45) is 0. The molecule has 0 aliphatic rings. The normalized spacial score (nSPS) is 10.3. The number of hydrogen-bond acceptors (Lipinski definition) is 2. The zero-order valence-corrected chi connectivity index (χ0v) is 13.3. The quantitative estimate of drug-likeness (QED) is 0.799. The lowest BCUT2D eigenvalue weighted by Gasteiger charge is -2.12. The van der Waals surface area contributed by atoms with E-state index in [-0.39, 0.29) is 4.99 Å². The number of hydrogen-bond donors (Lipinski definition) is 1. The first-order chi connectivity index (χ1) is 8.99. The average Bonchev–Trinajstić information content (AvgIpc) is 2.33. The Balaban J connectivity index is 2.40. The summed E-state index contributed by atoms with van der Waals surface area (Å²) < 4.78 is 6.84. The Kier molecular flexibility index (Phi) is 4.45. The zero-order valence-electron chi connectivity index (χ0n) is 10.1. The zero-order chi connectivity index (χ0) is 14.0. The highest BCUT2D eigenvalue weighted by Crippen LogP contribution is 2.31. The third-order valence-electron chi connectivity index (χ3n) is 2.58. The maximum Gasteiger partial charge on any atom is 0.139 e. The second-order valence-corrected chi connectivity index (χ2v) is 5.69. The van der Waals surface area contributed by atoms with E-state index < -0.39 is 0 Å².